The van der Waals surface area contributed by atoms with E-state index in [4.69, 9.17) is 14.2 Å². The van der Waals surface area contributed by atoms with Crippen LogP contribution in [0.25, 0.3) is 10.9 Å². The molecule has 1 saturated carbocycles. The lowest BCUT2D eigenvalue weighted by atomic mass is 9.93. The maximum absolute atomic E-state index is 14.0. The van der Waals surface area contributed by atoms with Crippen LogP contribution in [0.15, 0.2) is 24.3 Å². The van der Waals surface area contributed by atoms with Crippen molar-refractivity contribution < 1.29 is 43.0 Å². The summed E-state index contributed by atoms with van der Waals surface area (Å²) in [5, 5.41) is 6.43. The molecule has 2 aliphatic heterocycles. The summed E-state index contributed by atoms with van der Waals surface area (Å²) in [6.45, 7) is 8.87. The van der Waals surface area contributed by atoms with Crippen LogP contribution >= 0.6 is 0 Å². The number of fused-ring (bicyclic) bond motifs is 1. The minimum Gasteiger partial charge on any atom is -0.483 e. The second kappa shape index (κ2) is 18.8. The first-order chi connectivity index (χ1) is 26.7. The van der Waals surface area contributed by atoms with Gasteiger partial charge in [0.1, 0.15) is 30.1 Å². The van der Waals surface area contributed by atoms with Crippen molar-refractivity contribution in [1.82, 2.24) is 35.2 Å². The first-order valence-electron chi connectivity index (χ1n) is 19.6. The quantitative estimate of drug-likeness (QED) is 0.254. The minimum atomic E-state index is -1.12. The molecular formula is C40H57N7O9. The summed E-state index contributed by atoms with van der Waals surface area (Å²) < 4.78 is 16.7. The monoisotopic (exact) mass is 779 g/mol. The number of aromatic nitrogens is 1. The van der Waals surface area contributed by atoms with Gasteiger partial charge >= 0.3 is 12.1 Å². The van der Waals surface area contributed by atoms with Crippen molar-refractivity contribution in [2.75, 3.05) is 66.6 Å². The van der Waals surface area contributed by atoms with Crippen molar-refractivity contribution >= 4 is 46.6 Å². The highest BCUT2D eigenvalue weighted by atomic mass is 16.6. The number of piperazine rings is 1. The second-order valence-corrected chi connectivity index (χ2v) is 15.6. The highest BCUT2D eigenvalue weighted by Crippen LogP contribution is 2.28. The summed E-state index contributed by atoms with van der Waals surface area (Å²) in [5.74, 6) is -1.84. The summed E-state index contributed by atoms with van der Waals surface area (Å²) in [6, 6.07) is 5.39. The average Bonchev–Trinajstić information content (AvgIpc) is 3.66. The fourth-order valence-corrected chi connectivity index (χ4v) is 6.71. The van der Waals surface area contributed by atoms with Crippen molar-refractivity contribution in [2.45, 2.75) is 96.3 Å². The molecule has 0 bridgehead atoms. The van der Waals surface area contributed by atoms with Crippen LogP contribution in [0.1, 0.15) is 81.8 Å². The van der Waals surface area contributed by atoms with E-state index in [1.807, 2.05) is 45.8 Å². The number of rotatable bonds is 15. The number of hydrogen-bond donors (Lipinski definition) is 2. The van der Waals surface area contributed by atoms with Crippen LogP contribution in [0.5, 0.6) is 5.75 Å². The van der Waals surface area contributed by atoms with E-state index in [0.717, 1.165) is 24.8 Å². The Morgan fingerprint density at radius 3 is 2.32 bits per heavy atom. The number of pyridine rings is 1. The number of esters is 1. The molecule has 2 aromatic rings. The van der Waals surface area contributed by atoms with E-state index >= 15 is 0 Å². The highest BCUT2D eigenvalue weighted by Gasteiger charge is 2.36. The Balaban J connectivity index is 1.31. The second-order valence-electron chi connectivity index (χ2n) is 15.6. The Hall–Kier alpha value is -4.99. The van der Waals surface area contributed by atoms with Crippen LogP contribution in [-0.4, -0.2) is 151 Å². The number of benzene rings is 1. The van der Waals surface area contributed by atoms with Gasteiger partial charge < -0.3 is 44.4 Å². The molecule has 0 radical (unpaired) electrons. The van der Waals surface area contributed by atoms with Crippen LogP contribution in [-0.2, 0) is 28.7 Å². The molecule has 2 saturated heterocycles. The Morgan fingerprint density at radius 2 is 1.66 bits per heavy atom. The van der Waals surface area contributed by atoms with E-state index in [1.54, 1.807) is 28.9 Å². The average molecular weight is 780 g/mol. The van der Waals surface area contributed by atoms with E-state index < -0.39 is 41.5 Å². The minimum absolute atomic E-state index is 0.0419. The molecule has 306 valence electrons. The summed E-state index contributed by atoms with van der Waals surface area (Å²) in [4.78, 5) is 90.7. The Bertz CT molecular complexity index is 1770. The first-order valence-corrected chi connectivity index (χ1v) is 19.6. The van der Waals surface area contributed by atoms with Gasteiger partial charge in [0.2, 0.25) is 11.8 Å². The van der Waals surface area contributed by atoms with Crippen molar-refractivity contribution in [1.29, 1.82) is 0 Å². The summed E-state index contributed by atoms with van der Waals surface area (Å²) >= 11 is 0. The fourth-order valence-electron chi connectivity index (χ4n) is 6.71. The third-order valence-corrected chi connectivity index (χ3v) is 11.0. The number of aryl methyl sites for hydroxylation is 1. The van der Waals surface area contributed by atoms with Crippen LogP contribution < -0.4 is 15.4 Å². The third kappa shape index (κ3) is 10.6. The van der Waals surface area contributed by atoms with Gasteiger partial charge in [-0.05, 0) is 98.0 Å². The van der Waals surface area contributed by atoms with E-state index in [9.17, 15) is 28.8 Å². The Morgan fingerprint density at radius 1 is 0.946 bits per heavy atom. The van der Waals surface area contributed by atoms with E-state index in [-0.39, 0.29) is 88.1 Å². The lowest BCUT2D eigenvalue weighted by Gasteiger charge is -2.36. The molecule has 1 aromatic heterocycles. The van der Waals surface area contributed by atoms with Crippen molar-refractivity contribution in [3.05, 3.63) is 35.5 Å². The molecule has 16 nitrogen and oxygen atoms in total. The van der Waals surface area contributed by atoms with Gasteiger partial charge in [-0.3, -0.25) is 24.0 Å². The highest BCUT2D eigenvalue weighted by molar-refractivity contribution is 5.99. The maximum Gasteiger partial charge on any atom is 0.409 e. The molecule has 5 rings (SSSR count). The zero-order chi connectivity index (χ0) is 40.6. The number of likely N-dealkylation sites (N-methyl/N-ethyl adjacent to an activating group) is 1. The van der Waals surface area contributed by atoms with Gasteiger partial charge in [0.15, 0.2) is 6.61 Å². The molecular weight excluding hydrogens is 722 g/mol. The largest absolute Gasteiger partial charge is 0.483 e. The zero-order valence-electron chi connectivity index (χ0n) is 33.6. The molecule has 0 unspecified atom stereocenters. The number of amides is 5. The molecule has 5 amide bonds. The first kappa shape index (κ1) is 42.2. The zero-order valence-corrected chi connectivity index (χ0v) is 33.6. The maximum atomic E-state index is 14.0. The number of nitrogens with zero attached hydrogens (tertiary/aromatic N) is 5. The number of ether oxygens (including phenoxy) is 3. The number of hydrogen-bond acceptors (Lipinski definition) is 11. The molecule has 2 atom stereocenters. The Kier molecular flexibility index (Phi) is 14.1. The summed E-state index contributed by atoms with van der Waals surface area (Å²) in [7, 11) is 3.77. The predicted octanol–water partition coefficient (Wildman–Crippen LogP) is 2.64. The van der Waals surface area contributed by atoms with Crippen LogP contribution in [0.2, 0.25) is 0 Å². The molecule has 3 heterocycles. The van der Waals surface area contributed by atoms with Gasteiger partial charge in [-0.1, -0.05) is 6.07 Å². The van der Waals surface area contributed by atoms with Gasteiger partial charge in [-0.25, -0.2) is 9.78 Å². The fraction of sp³-hybridized carbons (Fsp3) is 0.625. The van der Waals surface area contributed by atoms with Crippen LogP contribution in [0, 0.1) is 6.92 Å². The van der Waals surface area contributed by atoms with Gasteiger partial charge in [0, 0.05) is 62.2 Å². The molecule has 1 aromatic carbocycles. The van der Waals surface area contributed by atoms with Crippen molar-refractivity contribution in [3.8, 4) is 5.75 Å². The number of carbonyl (C=O) groups is 6. The normalized spacial score (nSPS) is 18.0. The molecule has 3 aliphatic rings. The SMILES string of the molecule is CCOC(=O)N1CCN(C(=O)[C@H](CCC(=O)OCC(C)(C)N(C)C)NC(=O)c2cc(OCC(=O)N3CCC[C@H]3C(=O)NC3CCC3)c3ccc(C)cc3n2)CC1. The predicted molar refractivity (Wildman–Crippen MR) is 207 cm³/mol. The number of nitrogens with one attached hydrogen (secondary N) is 2. The molecule has 2 N–H and O–H groups in total. The van der Waals surface area contributed by atoms with Crippen LogP contribution in [0.4, 0.5) is 4.79 Å². The summed E-state index contributed by atoms with van der Waals surface area (Å²) in [5.41, 5.74) is 0.865. The van der Waals surface area contributed by atoms with Gasteiger partial charge in [0.05, 0.1) is 12.1 Å². The molecule has 16 heteroatoms. The van der Waals surface area contributed by atoms with Gasteiger partial charge in [-0.2, -0.15) is 0 Å². The molecule has 56 heavy (non-hydrogen) atoms. The van der Waals surface area contributed by atoms with E-state index in [0.29, 0.717) is 30.3 Å². The molecule has 0 spiro atoms. The van der Waals surface area contributed by atoms with Crippen LogP contribution in [0.3, 0.4) is 0 Å². The lowest BCUT2D eigenvalue weighted by molar-refractivity contribution is -0.147. The topological polar surface area (TPSA) is 180 Å². The lowest BCUT2D eigenvalue weighted by Crippen LogP contribution is -2.56. The standard InChI is InChI=1S/C40H57N7O9/c1-7-54-39(53)46-20-18-45(19-21-46)38(52)29(15-16-35(49)56-25-40(3,4)44(5)6)43-36(50)31-23-33(28-14-13-26(2)22-30(28)42-31)55-24-34(48)47-17-9-12-32(47)37(51)41-27-10-8-11-27/h13-14,22-23,27,29,32H,7-12,15-21,24-25H2,1-6H3,(H,41,51)(H,43,50)/t29-,32-/m0/s1. The third-order valence-electron chi connectivity index (χ3n) is 11.0. The van der Waals surface area contributed by atoms with Crippen molar-refractivity contribution in [2.24, 2.45) is 0 Å². The van der Waals surface area contributed by atoms with Crippen molar-refractivity contribution in [3.63, 3.8) is 0 Å². The molecule has 3 fully saturated rings. The summed E-state index contributed by atoms with van der Waals surface area (Å²) in [6.07, 6.45) is 3.64. The van der Waals surface area contributed by atoms with Gasteiger partial charge in [-0.15, -0.1) is 0 Å². The van der Waals surface area contributed by atoms with Gasteiger partial charge in [0.25, 0.3) is 11.8 Å². The number of carbonyl (C=O) groups excluding carboxylic acids is 6. The smallest absolute Gasteiger partial charge is 0.409 e. The number of likely N-dealkylation sites (tertiary alicyclic amines) is 1. The Labute approximate surface area is 328 Å². The molecule has 1 aliphatic carbocycles. The van der Waals surface area contributed by atoms with E-state index in [1.165, 1.54) is 11.0 Å². The van der Waals surface area contributed by atoms with E-state index in [2.05, 4.69) is 15.6 Å².